The maximum Gasteiger partial charge on any atom is 0.311 e. The molecule has 0 heterocycles. The van der Waals surface area contributed by atoms with Crippen LogP contribution in [0.3, 0.4) is 0 Å². The van der Waals surface area contributed by atoms with Gasteiger partial charge in [-0.15, -0.1) is 0 Å². The van der Waals surface area contributed by atoms with Crippen molar-refractivity contribution in [1.82, 2.24) is 5.32 Å². The maximum absolute atomic E-state index is 13.5. The molecule has 1 aliphatic rings. The van der Waals surface area contributed by atoms with E-state index in [1.807, 2.05) is 0 Å². The Hall–Kier alpha value is -2.25. The van der Waals surface area contributed by atoms with Crippen LogP contribution in [0.15, 0.2) is 6.07 Å². The monoisotopic (exact) mass is 303 g/mol. The molecule has 3 N–H and O–H groups in total. The van der Waals surface area contributed by atoms with Crippen LogP contribution in [0.1, 0.15) is 29.6 Å². The molecule has 2 rings (SSSR count). The molecule has 114 valence electrons. The molecule has 0 aromatic heterocycles. The summed E-state index contributed by atoms with van der Waals surface area (Å²) >= 11 is 0. The van der Waals surface area contributed by atoms with E-state index >= 15 is 0 Å². The fourth-order valence-electron chi connectivity index (χ4n) is 2.17. The van der Waals surface area contributed by atoms with Crippen molar-refractivity contribution >= 4 is 11.9 Å². The number of benzene rings is 1. The van der Waals surface area contributed by atoms with Crippen LogP contribution in [-0.2, 0) is 4.79 Å². The van der Waals surface area contributed by atoms with Crippen LogP contribution in [0.25, 0.3) is 0 Å². The molecule has 1 amide bonds. The quantitative estimate of drug-likeness (QED) is 0.740. The number of nitrogens with one attached hydrogen (secondary N) is 1. The van der Waals surface area contributed by atoms with Crippen LogP contribution in [0.5, 0.6) is 5.75 Å². The molecule has 1 saturated carbocycles. The van der Waals surface area contributed by atoms with Crippen molar-refractivity contribution in [3.8, 4) is 5.75 Å². The van der Waals surface area contributed by atoms with Gasteiger partial charge in [-0.1, -0.05) is 6.42 Å². The summed E-state index contributed by atoms with van der Waals surface area (Å²) in [5, 5.41) is 20.3. The zero-order valence-corrected chi connectivity index (χ0v) is 10.8. The van der Waals surface area contributed by atoms with Gasteiger partial charge in [-0.25, -0.2) is 8.78 Å². The molecule has 1 aliphatic carbocycles. The van der Waals surface area contributed by atoms with E-state index in [-0.39, 0.29) is 6.54 Å². The summed E-state index contributed by atoms with van der Waals surface area (Å²) in [5.41, 5.74) is -1.99. The third kappa shape index (κ3) is 2.53. The molecule has 0 bridgehead atoms. The third-order valence-corrected chi connectivity index (χ3v) is 3.73. The highest BCUT2D eigenvalue weighted by Crippen LogP contribution is 2.40. The molecule has 1 fully saturated rings. The molecule has 0 saturated heterocycles. The number of hydrogen-bond acceptors (Lipinski definition) is 3. The van der Waals surface area contributed by atoms with E-state index in [4.69, 9.17) is 10.2 Å². The molecular weight excluding hydrogens is 291 g/mol. The topological polar surface area (TPSA) is 86.6 Å². The van der Waals surface area contributed by atoms with E-state index < -0.39 is 46.1 Å². The SMILES string of the molecule is O=C(NCC1(C(=O)O)CCC1)c1cc(F)c(F)c(O)c1F. The van der Waals surface area contributed by atoms with Crippen molar-refractivity contribution in [3.63, 3.8) is 0 Å². The summed E-state index contributed by atoms with van der Waals surface area (Å²) in [5.74, 6) is -8.74. The number of carboxylic acid groups (broad SMARTS) is 1. The number of carbonyl (C=O) groups excluding carboxylic acids is 1. The molecule has 0 spiro atoms. The first-order valence-electron chi connectivity index (χ1n) is 6.16. The number of rotatable bonds is 4. The van der Waals surface area contributed by atoms with Crippen LogP contribution in [0.4, 0.5) is 13.2 Å². The molecule has 0 radical (unpaired) electrons. The minimum Gasteiger partial charge on any atom is -0.503 e. The van der Waals surface area contributed by atoms with Crippen molar-refractivity contribution in [1.29, 1.82) is 0 Å². The normalized spacial score (nSPS) is 16.1. The van der Waals surface area contributed by atoms with Gasteiger partial charge in [0.25, 0.3) is 5.91 Å². The Bertz CT molecular complexity index is 614. The van der Waals surface area contributed by atoms with Crippen molar-refractivity contribution in [2.75, 3.05) is 6.54 Å². The van der Waals surface area contributed by atoms with Crippen molar-refractivity contribution in [2.24, 2.45) is 5.41 Å². The molecule has 0 aliphatic heterocycles. The van der Waals surface area contributed by atoms with Gasteiger partial charge in [0.15, 0.2) is 17.4 Å². The number of hydrogen-bond donors (Lipinski definition) is 3. The van der Waals surface area contributed by atoms with Gasteiger partial charge in [0.1, 0.15) is 0 Å². The first-order valence-corrected chi connectivity index (χ1v) is 6.16. The standard InChI is InChI=1S/C13H12F3NO4/c14-7-4-6(8(15)10(18)9(7)16)11(19)17-5-13(12(20)21)2-1-3-13/h4,18H,1-3,5H2,(H,17,19)(H,20,21). The third-order valence-electron chi connectivity index (χ3n) is 3.73. The minimum absolute atomic E-state index is 0.250. The lowest BCUT2D eigenvalue weighted by atomic mass is 9.69. The Labute approximate surface area is 117 Å². The molecule has 0 atom stereocenters. The minimum atomic E-state index is -1.79. The van der Waals surface area contributed by atoms with E-state index in [2.05, 4.69) is 5.32 Å². The zero-order valence-electron chi connectivity index (χ0n) is 10.8. The molecule has 1 aromatic rings. The summed E-state index contributed by atoms with van der Waals surface area (Å²) in [6, 6.07) is 0.313. The average Bonchev–Trinajstić information content (AvgIpc) is 2.38. The number of carbonyl (C=O) groups is 2. The van der Waals surface area contributed by atoms with Gasteiger partial charge in [0, 0.05) is 6.54 Å². The first-order chi connectivity index (χ1) is 9.78. The predicted molar refractivity (Wildman–Crippen MR) is 64.2 cm³/mol. The van der Waals surface area contributed by atoms with Gasteiger partial charge >= 0.3 is 5.97 Å². The maximum atomic E-state index is 13.5. The first kappa shape index (κ1) is 15.1. The largest absolute Gasteiger partial charge is 0.503 e. The molecule has 21 heavy (non-hydrogen) atoms. The van der Waals surface area contributed by atoms with Crippen LogP contribution < -0.4 is 5.32 Å². The number of halogens is 3. The highest BCUT2D eigenvalue weighted by atomic mass is 19.2. The number of aliphatic carboxylic acids is 1. The molecular formula is C13H12F3NO4. The fraction of sp³-hybridized carbons (Fsp3) is 0.385. The van der Waals surface area contributed by atoms with Gasteiger partial charge in [-0.3, -0.25) is 9.59 Å². The average molecular weight is 303 g/mol. The number of aromatic hydroxyl groups is 1. The molecule has 0 unspecified atom stereocenters. The second-order valence-corrected chi connectivity index (χ2v) is 5.00. The van der Waals surface area contributed by atoms with Crippen LogP contribution in [-0.4, -0.2) is 28.6 Å². The van der Waals surface area contributed by atoms with Gasteiger partial charge in [-0.2, -0.15) is 4.39 Å². The highest BCUT2D eigenvalue weighted by Gasteiger charge is 2.44. The smallest absolute Gasteiger partial charge is 0.311 e. The second kappa shape index (κ2) is 5.27. The van der Waals surface area contributed by atoms with Crippen LogP contribution in [0, 0.1) is 22.9 Å². The second-order valence-electron chi connectivity index (χ2n) is 5.00. The predicted octanol–water partition coefficient (Wildman–Crippen LogP) is 1.79. The summed E-state index contributed by atoms with van der Waals surface area (Å²) in [6.07, 6.45) is 1.44. The van der Waals surface area contributed by atoms with Crippen molar-refractivity contribution in [2.45, 2.75) is 19.3 Å². The molecule has 1 aromatic carbocycles. The summed E-state index contributed by atoms with van der Waals surface area (Å²) < 4.78 is 39.5. The Morgan fingerprint density at radius 1 is 1.24 bits per heavy atom. The molecule has 5 nitrogen and oxygen atoms in total. The lowest BCUT2D eigenvalue weighted by Crippen LogP contribution is -2.47. The van der Waals surface area contributed by atoms with Gasteiger partial charge in [0.05, 0.1) is 11.0 Å². The summed E-state index contributed by atoms with van der Waals surface area (Å²) in [7, 11) is 0. The van der Waals surface area contributed by atoms with Gasteiger partial charge in [-0.05, 0) is 18.9 Å². The summed E-state index contributed by atoms with van der Waals surface area (Å²) in [4.78, 5) is 22.8. The number of amides is 1. The Kier molecular flexibility index (Phi) is 3.80. The Morgan fingerprint density at radius 2 is 1.86 bits per heavy atom. The van der Waals surface area contributed by atoms with E-state index in [1.165, 1.54) is 0 Å². The molecule has 8 heteroatoms. The van der Waals surface area contributed by atoms with Crippen LogP contribution in [0.2, 0.25) is 0 Å². The van der Waals surface area contributed by atoms with E-state index in [9.17, 15) is 22.8 Å². The number of phenolic OH excluding ortho intramolecular Hbond substituents is 1. The van der Waals surface area contributed by atoms with Gasteiger partial charge < -0.3 is 15.5 Å². The lowest BCUT2D eigenvalue weighted by molar-refractivity contribution is -0.153. The van der Waals surface area contributed by atoms with E-state index in [1.54, 1.807) is 0 Å². The van der Waals surface area contributed by atoms with Crippen molar-refractivity contribution < 1.29 is 33.0 Å². The van der Waals surface area contributed by atoms with E-state index in [0.29, 0.717) is 25.3 Å². The highest BCUT2D eigenvalue weighted by molar-refractivity contribution is 5.95. The number of phenols is 1. The number of carboxylic acids is 1. The van der Waals surface area contributed by atoms with Gasteiger partial charge in [0.2, 0.25) is 5.82 Å². The van der Waals surface area contributed by atoms with E-state index in [0.717, 1.165) is 0 Å². The van der Waals surface area contributed by atoms with Crippen LogP contribution >= 0.6 is 0 Å². The zero-order chi connectivity index (χ0) is 15.8. The lowest BCUT2D eigenvalue weighted by Gasteiger charge is -2.37. The van der Waals surface area contributed by atoms with Crippen molar-refractivity contribution in [3.05, 3.63) is 29.1 Å². The summed E-state index contributed by atoms with van der Waals surface area (Å²) in [6.45, 7) is -0.250. The Morgan fingerprint density at radius 3 is 2.33 bits per heavy atom. The fourth-order valence-corrected chi connectivity index (χ4v) is 2.17. The Balaban J connectivity index is 2.16.